The molecule has 0 radical (unpaired) electrons. The highest BCUT2D eigenvalue weighted by Gasteiger charge is 2.30. The molecule has 5 aromatic carbocycles. The Morgan fingerprint density at radius 2 is 0.879 bits per heavy atom. The molecule has 58 heavy (non-hydrogen) atoms. The standard InChI is InChI=1S/C50H65F3O5/c1-6-11-16-27-54-38-32-40(36-21-23-37(24-22-36)50(51,52)53)47-39-25-26-44(55-28-17-12-7-2)49(58-31-20-15-10-5)48(39)43-35-46(57-30-19-14-9-4)45(56-29-18-13-8-3)34-41(43)42(47)33-38/h21-26,32-35H,6-20,27-31H2,1-5H3. The molecule has 316 valence electrons. The van der Waals surface area contributed by atoms with Gasteiger partial charge in [0.25, 0.3) is 0 Å². The van der Waals surface area contributed by atoms with Crippen LogP contribution in [0, 0.1) is 0 Å². The zero-order valence-electron chi connectivity index (χ0n) is 35.6. The molecule has 5 nitrogen and oxygen atoms in total. The molecular weight excluding hydrogens is 738 g/mol. The summed E-state index contributed by atoms with van der Waals surface area (Å²) in [5, 5.41) is 5.45. The van der Waals surface area contributed by atoms with Crippen molar-refractivity contribution >= 4 is 32.3 Å². The van der Waals surface area contributed by atoms with Gasteiger partial charge in [0.1, 0.15) is 5.75 Å². The summed E-state index contributed by atoms with van der Waals surface area (Å²) >= 11 is 0. The van der Waals surface area contributed by atoms with E-state index in [1.54, 1.807) is 12.1 Å². The highest BCUT2D eigenvalue weighted by Crippen LogP contribution is 2.50. The van der Waals surface area contributed by atoms with Crippen LogP contribution in [0.25, 0.3) is 43.4 Å². The third kappa shape index (κ3) is 11.7. The second-order valence-corrected chi connectivity index (χ2v) is 15.4. The van der Waals surface area contributed by atoms with Crippen molar-refractivity contribution in [2.45, 2.75) is 137 Å². The van der Waals surface area contributed by atoms with Crippen molar-refractivity contribution in [1.82, 2.24) is 0 Å². The fourth-order valence-electron chi connectivity index (χ4n) is 7.45. The number of unbranched alkanes of at least 4 members (excludes halogenated alkanes) is 10. The van der Waals surface area contributed by atoms with Gasteiger partial charge in [-0.05, 0) is 119 Å². The van der Waals surface area contributed by atoms with E-state index in [-0.39, 0.29) is 0 Å². The molecule has 0 amide bonds. The van der Waals surface area contributed by atoms with Gasteiger partial charge in [0, 0.05) is 5.39 Å². The molecule has 0 unspecified atom stereocenters. The van der Waals surface area contributed by atoms with E-state index in [1.807, 2.05) is 12.1 Å². The Bertz CT molecular complexity index is 2020. The van der Waals surface area contributed by atoms with Crippen molar-refractivity contribution < 1.29 is 36.9 Å². The number of hydrogen-bond donors (Lipinski definition) is 0. The van der Waals surface area contributed by atoms with Gasteiger partial charge >= 0.3 is 6.18 Å². The SMILES string of the molecule is CCCCCOc1cc(-c2ccc(C(F)(F)F)cc2)c2c(c1)c1cc(OCCCCC)c(OCCCCC)cc1c1c(OCCCCC)c(OCCCCC)ccc21. The molecule has 8 heteroatoms. The normalized spacial score (nSPS) is 11.8. The molecule has 0 aliphatic carbocycles. The summed E-state index contributed by atoms with van der Waals surface area (Å²) in [6.07, 6.45) is 10.8. The van der Waals surface area contributed by atoms with Crippen LogP contribution >= 0.6 is 0 Å². The topological polar surface area (TPSA) is 46.2 Å². The lowest BCUT2D eigenvalue weighted by molar-refractivity contribution is -0.137. The average molecular weight is 803 g/mol. The Morgan fingerprint density at radius 1 is 0.414 bits per heavy atom. The fourth-order valence-corrected chi connectivity index (χ4v) is 7.45. The van der Waals surface area contributed by atoms with Gasteiger partial charge in [0.15, 0.2) is 23.0 Å². The summed E-state index contributed by atoms with van der Waals surface area (Å²) < 4.78 is 74.4. The van der Waals surface area contributed by atoms with Crippen molar-refractivity contribution in [2.24, 2.45) is 0 Å². The molecule has 0 aromatic heterocycles. The summed E-state index contributed by atoms with van der Waals surface area (Å²) in [6, 6.07) is 17.8. The second kappa shape index (κ2) is 22.7. The lowest BCUT2D eigenvalue weighted by Gasteiger charge is -2.22. The zero-order chi connectivity index (χ0) is 41.3. The molecule has 0 atom stereocenters. The molecule has 0 N–H and O–H groups in total. The average Bonchev–Trinajstić information content (AvgIpc) is 3.22. The maximum atomic E-state index is 13.8. The Morgan fingerprint density at radius 3 is 1.40 bits per heavy atom. The predicted molar refractivity (Wildman–Crippen MR) is 234 cm³/mol. The first-order chi connectivity index (χ1) is 28.2. The minimum absolute atomic E-state index is 0.521. The summed E-state index contributed by atoms with van der Waals surface area (Å²) in [4.78, 5) is 0. The smallest absolute Gasteiger partial charge is 0.416 e. The van der Waals surface area contributed by atoms with Crippen LogP contribution in [0.4, 0.5) is 13.2 Å². The van der Waals surface area contributed by atoms with E-state index in [4.69, 9.17) is 23.7 Å². The number of hydrogen-bond acceptors (Lipinski definition) is 5. The molecule has 0 aliphatic heterocycles. The summed E-state index contributed by atoms with van der Waals surface area (Å²) in [6.45, 7) is 13.6. The van der Waals surface area contributed by atoms with E-state index in [1.165, 1.54) is 0 Å². The summed E-state index contributed by atoms with van der Waals surface area (Å²) in [5.41, 5.74) is 0.754. The Labute approximate surface area is 344 Å². The van der Waals surface area contributed by atoms with Crippen LogP contribution in [0.3, 0.4) is 0 Å². The van der Waals surface area contributed by atoms with Crippen molar-refractivity contribution in [3.63, 3.8) is 0 Å². The number of alkyl halides is 3. The molecule has 5 rings (SSSR count). The molecule has 0 saturated heterocycles. The van der Waals surface area contributed by atoms with Gasteiger partial charge in [-0.25, -0.2) is 0 Å². The maximum absolute atomic E-state index is 13.8. The number of rotatable bonds is 26. The van der Waals surface area contributed by atoms with Gasteiger partial charge in [-0.3, -0.25) is 0 Å². The van der Waals surface area contributed by atoms with Crippen LogP contribution < -0.4 is 23.7 Å². The Balaban J connectivity index is 1.88. The summed E-state index contributed by atoms with van der Waals surface area (Å²) in [5.74, 6) is 3.36. The summed E-state index contributed by atoms with van der Waals surface area (Å²) in [7, 11) is 0. The number of benzene rings is 5. The zero-order valence-corrected chi connectivity index (χ0v) is 35.6. The van der Waals surface area contributed by atoms with Gasteiger partial charge in [0.05, 0.1) is 38.6 Å². The molecule has 0 heterocycles. The maximum Gasteiger partial charge on any atom is 0.416 e. The monoisotopic (exact) mass is 802 g/mol. The van der Waals surface area contributed by atoms with Crippen molar-refractivity contribution in [3.8, 4) is 39.9 Å². The van der Waals surface area contributed by atoms with Crippen molar-refractivity contribution in [2.75, 3.05) is 33.0 Å². The minimum atomic E-state index is -4.45. The molecule has 0 bridgehead atoms. The number of fused-ring (bicyclic) bond motifs is 6. The lowest BCUT2D eigenvalue weighted by Crippen LogP contribution is -2.05. The van der Waals surface area contributed by atoms with E-state index >= 15 is 0 Å². The van der Waals surface area contributed by atoms with Crippen molar-refractivity contribution in [3.05, 3.63) is 66.2 Å². The van der Waals surface area contributed by atoms with Crippen LogP contribution in [0.1, 0.15) is 136 Å². The van der Waals surface area contributed by atoms with E-state index in [0.29, 0.717) is 67.3 Å². The quantitative estimate of drug-likeness (QED) is 0.0412. The van der Waals surface area contributed by atoms with Crippen LogP contribution in [-0.2, 0) is 6.18 Å². The third-order valence-corrected chi connectivity index (χ3v) is 10.7. The highest BCUT2D eigenvalue weighted by molar-refractivity contribution is 6.30. The fraction of sp³-hybridized carbons (Fsp3) is 0.520. The van der Waals surface area contributed by atoms with Gasteiger partial charge in [-0.1, -0.05) is 111 Å². The van der Waals surface area contributed by atoms with Crippen LogP contribution in [0.5, 0.6) is 28.7 Å². The van der Waals surface area contributed by atoms with E-state index < -0.39 is 11.7 Å². The van der Waals surface area contributed by atoms with Crippen molar-refractivity contribution in [1.29, 1.82) is 0 Å². The van der Waals surface area contributed by atoms with Gasteiger partial charge < -0.3 is 23.7 Å². The molecular formula is C50H65F3O5. The first kappa shape index (κ1) is 44.8. The molecule has 0 aliphatic rings. The van der Waals surface area contributed by atoms with Gasteiger partial charge in [-0.15, -0.1) is 0 Å². The van der Waals surface area contributed by atoms with Gasteiger partial charge in [0.2, 0.25) is 0 Å². The predicted octanol–water partition coefficient (Wildman–Crippen LogP) is 15.7. The number of ether oxygens (including phenoxy) is 5. The molecule has 0 saturated carbocycles. The second-order valence-electron chi connectivity index (χ2n) is 15.4. The highest BCUT2D eigenvalue weighted by atomic mass is 19.4. The lowest BCUT2D eigenvalue weighted by atomic mass is 9.88. The Hall–Kier alpha value is -4.33. The molecule has 0 fully saturated rings. The third-order valence-electron chi connectivity index (χ3n) is 10.7. The van der Waals surface area contributed by atoms with Crippen LogP contribution in [-0.4, -0.2) is 33.0 Å². The van der Waals surface area contributed by atoms with Crippen LogP contribution in [0.15, 0.2) is 60.7 Å². The number of halogens is 3. The first-order valence-corrected chi connectivity index (χ1v) is 22.1. The van der Waals surface area contributed by atoms with E-state index in [9.17, 15) is 13.2 Å². The minimum Gasteiger partial charge on any atom is -0.494 e. The van der Waals surface area contributed by atoms with Crippen LogP contribution in [0.2, 0.25) is 0 Å². The first-order valence-electron chi connectivity index (χ1n) is 22.1. The Kier molecular flexibility index (Phi) is 17.5. The molecule has 5 aromatic rings. The molecule has 0 spiro atoms. The largest absolute Gasteiger partial charge is 0.494 e. The van der Waals surface area contributed by atoms with E-state index in [2.05, 4.69) is 58.9 Å². The van der Waals surface area contributed by atoms with Gasteiger partial charge in [-0.2, -0.15) is 13.2 Å². The van der Waals surface area contributed by atoms with E-state index in [0.717, 1.165) is 146 Å².